The Kier molecular flexibility index (Phi) is 3.73. The summed E-state index contributed by atoms with van der Waals surface area (Å²) in [5, 5.41) is 13.5. The standard InChI is InChI=1S/C21H18N6O2/c1-11-14(26-21(28)29)6-7-27-18(11)16(17-19(22)24-10-25-20(17)27)13-8-12-4-2-3-5-15(12)23-9-13/h2-5,8-10,14,26H,1,6-7H2,(H,28,29)(H2,22,24,25). The number of aryl methyl sites for hydroxylation is 1. The fourth-order valence-electron chi connectivity index (χ4n) is 4.14. The van der Waals surface area contributed by atoms with Crippen molar-refractivity contribution in [2.24, 2.45) is 0 Å². The molecule has 0 bridgehead atoms. The molecule has 4 aromatic rings. The number of nitrogens with one attached hydrogen (secondary N) is 1. The Morgan fingerprint density at radius 1 is 1.28 bits per heavy atom. The van der Waals surface area contributed by atoms with Crippen molar-refractivity contribution in [1.82, 2.24) is 24.8 Å². The van der Waals surface area contributed by atoms with E-state index in [0.29, 0.717) is 30.0 Å². The van der Waals surface area contributed by atoms with Crippen LogP contribution in [0.3, 0.4) is 0 Å². The fourth-order valence-corrected chi connectivity index (χ4v) is 4.14. The largest absolute Gasteiger partial charge is 0.465 e. The Morgan fingerprint density at radius 3 is 2.93 bits per heavy atom. The van der Waals surface area contributed by atoms with Crippen molar-refractivity contribution in [2.75, 3.05) is 5.73 Å². The first-order valence-corrected chi connectivity index (χ1v) is 9.21. The molecule has 8 nitrogen and oxygen atoms in total. The molecule has 1 aliphatic heterocycles. The zero-order chi connectivity index (χ0) is 20.1. The summed E-state index contributed by atoms with van der Waals surface area (Å²) in [6, 6.07) is 9.53. The summed E-state index contributed by atoms with van der Waals surface area (Å²) in [6.45, 7) is 4.80. The number of nitrogen functional groups attached to an aromatic ring is 1. The van der Waals surface area contributed by atoms with Crippen LogP contribution in [0.2, 0.25) is 0 Å². The number of carbonyl (C=O) groups is 1. The van der Waals surface area contributed by atoms with E-state index in [2.05, 4.69) is 26.8 Å². The third-order valence-electron chi connectivity index (χ3n) is 5.41. The topological polar surface area (TPSA) is 119 Å². The second kappa shape index (κ2) is 6.30. The maximum Gasteiger partial charge on any atom is 0.405 e. The number of hydrogen-bond acceptors (Lipinski definition) is 5. The number of carboxylic acid groups (broad SMARTS) is 1. The van der Waals surface area contributed by atoms with Crippen LogP contribution in [0, 0.1) is 0 Å². The molecular weight excluding hydrogens is 368 g/mol. The summed E-state index contributed by atoms with van der Waals surface area (Å²) in [5.41, 5.74) is 11.0. The van der Waals surface area contributed by atoms with Gasteiger partial charge in [-0.15, -0.1) is 0 Å². The van der Waals surface area contributed by atoms with E-state index in [0.717, 1.165) is 33.1 Å². The molecular formula is C21H18N6O2. The van der Waals surface area contributed by atoms with Crippen LogP contribution in [0.1, 0.15) is 12.1 Å². The number of fused-ring (bicyclic) bond motifs is 4. The summed E-state index contributed by atoms with van der Waals surface area (Å²) < 4.78 is 2.04. The number of anilines is 1. The van der Waals surface area contributed by atoms with Gasteiger partial charge in [0.2, 0.25) is 0 Å². The molecule has 0 saturated carbocycles. The molecule has 8 heteroatoms. The van der Waals surface area contributed by atoms with E-state index in [-0.39, 0.29) is 6.04 Å². The summed E-state index contributed by atoms with van der Waals surface area (Å²) >= 11 is 0. The molecule has 1 aromatic carbocycles. The van der Waals surface area contributed by atoms with Crippen molar-refractivity contribution in [3.63, 3.8) is 0 Å². The monoisotopic (exact) mass is 386 g/mol. The Bertz CT molecular complexity index is 1310. The highest BCUT2D eigenvalue weighted by atomic mass is 16.4. The molecule has 4 N–H and O–H groups in total. The number of amides is 1. The van der Waals surface area contributed by atoms with Crippen LogP contribution in [0.15, 0.2) is 49.4 Å². The predicted octanol–water partition coefficient (Wildman–Crippen LogP) is 3.28. The van der Waals surface area contributed by atoms with Crippen molar-refractivity contribution in [3.8, 4) is 11.1 Å². The van der Waals surface area contributed by atoms with Crippen LogP contribution < -0.4 is 11.1 Å². The van der Waals surface area contributed by atoms with E-state index in [9.17, 15) is 9.90 Å². The molecule has 0 aliphatic carbocycles. The Balaban J connectivity index is 1.81. The van der Waals surface area contributed by atoms with Gasteiger partial charge in [0.15, 0.2) is 0 Å². The van der Waals surface area contributed by atoms with Crippen LogP contribution in [-0.4, -0.2) is 36.8 Å². The van der Waals surface area contributed by atoms with E-state index in [4.69, 9.17) is 5.73 Å². The lowest BCUT2D eigenvalue weighted by Gasteiger charge is -2.27. The van der Waals surface area contributed by atoms with Gasteiger partial charge in [-0.3, -0.25) is 4.98 Å². The van der Waals surface area contributed by atoms with Gasteiger partial charge in [-0.05, 0) is 24.1 Å². The molecule has 0 spiro atoms. The third-order valence-corrected chi connectivity index (χ3v) is 5.41. The maximum atomic E-state index is 11.2. The van der Waals surface area contributed by atoms with Crippen molar-refractivity contribution in [2.45, 2.75) is 19.0 Å². The first-order chi connectivity index (χ1) is 14.0. The Labute approximate surface area is 165 Å². The molecule has 29 heavy (non-hydrogen) atoms. The van der Waals surface area contributed by atoms with E-state index < -0.39 is 6.09 Å². The van der Waals surface area contributed by atoms with Gasteiger partial charge in [0, 0.05) is 29.3 Å². The normalized spacial score (nSPS) is 16.1. The maximum absolute atomic E-state index is 11.2. The molecule has 0 fully saturated rings. The van der Waals surface area contributed by atoms with Crippen LogP contribution in [0.25, 0.3) is 38.6 Å². The molecule has 1 atom stereocenters. The zero-order valence-corrected chi connectivity index (χ0v) is 15.5. The number of aromatic nitrogens is 4. The van der Waals surface area contributed by atoms with Crippen LogP contribution >= 0.6 is 0 Å². The number of rotatable bonds is 2. The van der Waals surface area contributed by atoms with Gasteiger partial charge < -0.3 is 20.7 Å². The van der Waals surface area contributed by atoms with E-state index >= 15 is 0 Å². The minimum Gasteiger partial charge on any atom is -0.465 e. The highest BCUT2D eigenvalue weighted by Gasteiger charge is 2.31. The molecule has 144 valence electrons. The fraction of sp³-hybridized carbons (Fsp3) is 0.143. The van der Waals surface area contributed by atoms with Crippen molar-refractivity contribution < 1.29 is 9.90 Å². The lowest BCUT2D eigenvalue weighted by atomic mass is 9.93. The van der Waals surface area contributed by atoms with E-state index in [1.165, 1.54) is 6.33 Å². The number of benzene rings is 1. The van der Waals surface area contributed by atoms with Gasteiger partial charge >= 0.3 is 6.09 Å². The van der Waals surface area contributed by atoms with E-state index in [1.807, 2.05) is 34.9 Å². The van der Waals surface area contributed by atoms with Gasteiger partial charge in [-0.25, -0.2) is 14.8 Å². The van der Waals surface area contributed by atoms with Gasteiger partial charge in [-0.2, -0.15) is 0 Å². The van der Waals surface area contributed by atoms with Crippen LogP contribution in [-0.2, 0) is 6.54 Å². The average Bonchev–Trinajstić information content (AvgIpc) is 3.06. The average molecular weight is 386 g/mol. The van der Waals surface area contributed by atoms with Crippen molar-refractivity contribution in [3.05, 3.63) is 55.1 Å². The SMILES string of the molecule is C=C1c2c(-c3cnc4ccccc4c3)c3c(N)ncnc3n2CCC1NC(=O)O. The summed E-state index contributed by atoms with van der Waals surface area (Å²) in [6.07, 6.45) is 2.75. The van der Waals surface area contributed by atoms with Crippen molar-refractivity contribution >= 4 is 39.4 Å². The Morgan fingerprint density at radius 2 is 2.10 bits per heavy atom. The minimum absolute atomic E-state index is 0.371. The summed E-state index contributed by atoms with van der Waals surface area (Å²) in [5.74, 6) is 0.371. The summed E-state index contributed by atoms with van der Waals surface area (Å²) in [4.78, 5) is 24.5. The predicted molar refractivity (Wildman–Crippen MR) is 111 cm³/mol. The number of nitrogens with two attached hydrogens (primary N) is 1. The number of para-hydroxylation sites is 1. The lowest BCUT2D eigenvalue weighted by Crippen LogP contribution is -2.38. The molecule has 0 saturated heterocycles. The second-order valence-corrected chi connectivity index (χ2v) is 7.07. The number of pyridine rings is 1. The third kappa shape index (κ3) is 2.60. The van der Waals surface area contributed by atoms with Gasteiger partial charge in [0.25, 0.3) is 0 Å². The second-order valence-electron chi connectivity index (χ2n) is 7.07. The minimum atomic E-state index is -1.08. The molecule has 1 unspecified atom stereocenters. The highest BCUT2D eigenvalue weighted by molar-refractivity contribution is 6.07. The highest BCUT2D eigenvalue weighted by Crippen LogP contribution is 2.43. The molecule has 4 heterocycles. The quantitative estimate of drug-likeness (QED) is 0.486. The lowest BCUT2D eigenvalue weighted by molar-refractivity contribution is 0.191. The van der Waals surface area contributed by atoms with Gasteiger partial charge in [0.1, 0.15) is 17.8 Å². The molecule has 1 amide bonds. The number of hydrogen-bond donors (Lipinski definition) is 3. The summed E-state index contributed by atoms with van der Waals surface area (Å²) in [7, 11) is 0. The molecule has 0 radical (unpaired) electrons. The van der Waals surface area contributed by atoms with Crippen LogP contribution in [0.4, 0.5) is 10.6 Å². The van der Waals surface area contributed by atoms with Crippen molar-refractivity contribution in [1.29, 1.82) is 0 Å². The molecule has 3 aromatic heterocycles. The van der Waals surface area contributed by atoms with Gasteiger partial charge in [0.05, 0.1) is 22.6 Å². The zero-order valence-electron chi connectivity index (χ0n) is 15.5. The molecule has 5 rings (SSSR count). The van der Waals surface area contributed by atoms with Crippen LogP contribution in [0.5, 0.6) is 0 Å². The first kappa shape index (κ1) is 17.2. The van der Waals surface area contributed by atoms with E-state index in [1.54, 1.807) is 6.20 Å². The van der Waals surface area contributed by atoms with Gasteiger partial charge in [-0.1, -0.05) is 24.8 Å². The Hall–Kier alpha value is -3.94. The first-order valence-electron chi connectivity index (χ1n) is 9.21. The number of nitrogens with zero attached hydrogens (tertiary/aromatic N) is 4. The smallest absolute Gasteiger partial charge is 0.405 e. The molecule has 1 aliphatic rings.